The molecule has 20 heavy (non-hydrogen) atoms. The van der Waals surface area contributed by atoms with Gasteiger partial charge in [0.25, 0.3) is 5.91 Å². The first-order valence-electron chi connectivity index (χ1n) is 6.25. The molecule has 0 bridgehead atoms. The molecule has 1 aromatic carbocycles. The van der Waals surface area contributed by atoms with Crippen molar-refractivity contribution in [3.05, 3.63) is 23.8 Å². The van der Waals surface area contributed by atoms with Crippen LogP contribution >= 0.6 is 15.9 Å². The molecular formula is C14H20BrNO4. The molecule has 0 aromatic heterocycles. The summed E-state index contributed by atoms with van der Waals surface area (Å²) in [5, 5.41) is 2.86. The Morgan fingerprint density at radius 3 is 2.30 bits per heavy atom. The van der Waals surface area contributed by atoms with Crippen molar-refractivity contribution in [2.45, 2.75) is 11.2 Å². The van der Waals surface area contributed by atoms with E-state index < -0.39 is 0 Å². The van der Waals surface area contributed by atoms with Crippen molar-refractivity contribution >= 4 is 21.8 Å². The average molecular weight is 346 g/mol. The minimum Gasteiger partial charge on any atom is -0.497 e. The van der Waals surface area contributed by atoms with Crippen LogP contribution in [0.1, 0.15) is 16.8 Å². The van der Waals surface area contributed by atoms with E-state index in [0.717, 1.165) is 6.42 Å². The first kappa shape index (κ1) is 16.8. The van der Waals surface area contributed by atoms with Crippen LogP contribution in [0.25, 0.3) is 0 Å². The van der Waals surface area contributed by atoms with E-state index in [0.29, 0.717) is 30.2 Å². The Balaban J connectivity index is 2.58. The predicted molar refractivity (Wildman–Crippen MR) is 81.1 cm³/mol. The second kappa shape index (κ2) is 8.81. The van der Waals surface area contributed by atoms with Crippen LogP contribution in [-0.2, 0) is 4.74 Å². The van der Waals surface area contributed by atoms with Crippen LogP contribution in [0.5, 0.6) is 11.5 Å². The summed E-state index contributed by atoms with van der Waals surface area (Å²) in [6.07, 6.45) is 0.792. The van der Waals surface area contributed by atoms with E-state index in [1.165, 1.54) is 0 Å². The van der Waals surface area contributed by atoms with E-state index in [4.69, 9.17) is 14.2 Å². The van der Waals surface area contributed by atoms with E-state index in [9.17, 15) is 4.79 Å². The van der Waals surface area contributed by atoms with Gasteiger partial charge in [-0.1, -0.05) is 15.9 Å². The highest BCUT2D eigenvalue weighted by Gasteiger charge is 2.10. The normalized spacial score (nSPS) is 11.8. The zero-order chi connectivity index (χ0) is 15.0. The summed E-state index contributed by atoms with van der Waals surface area (Å²) in [5.41, 5.74) is 0.513. The Hall–Kier alpha value is -1.27. The number of hydrogen-bond donors (Lipinski definition) is 1. The molecule has 0 aliphatic heterocycles. The summed E-state index contributed by atoms with van der Waals surface area (Å²) in [5.74, 6) is 1.03. The summed E-state index contributed by atoms with van der Waals surface area (Å²) in [7, 11) is 4.75. The summed E-state index contributed by atoms with van der Waals surface area (Å²) in [6.45, 7) is 1.18. The SMILES string of the molecule is COCC(Br)CCNC(=O)c1cc(OC)cc(OC)c1. The van der Waals surface area contributed by atoms with Gasteiger partial charge in [-0.2, -0.15) is 0 Å². The van der Waals surface area contributed by atoms with E-state index in [1.807, 2.05) is 0 Å². The molecule has 1 rings (SSSR count). The smallest absolute Gasteiger partial charge is 0.251 e. The third kappa shape index (κ3) is 5.38. The fourth-order valence-corrected chi connectivity index (χ4v) is 2.14. The van der Waals surface area contributed by atoms with Crippen molar-refractivity contribution in [1.29, 1.82) is 0 Å². The number of halogens is 1. The first-order chi connectivity index (χ1) is 9.60. The van der Waals surface area contributed by atoms with Crippen LogP contribution in [0.3, 0.4) is 0 Å². The largest absolute Gasteiger partial charge is 0.497 e. The number of alkyl halides is 1. The standard InChI is InChI=1S/C14H20BrNO4/c1-18-9-11(15)4-5-16-14(17)10-6-12(19-2)8-13(7-10)20-3/h6-8,11H,4-5,9H2,1-3H3,(H,16,17). The maximum Gasteiger partial charge on any atom is 0.251 e. The van der Waals surface area contributed by atoms with Crippen LogP contribution in [0.4, 0.5) is 0 Å². The number of hydrogen-bond acceptors (Lipinski definition) is 4. The first-order valence-corrected chi connectivity index (χ1v) is 7.16. The van der Waals surface area contributed by atoms with Gasteiger partial charge >= 0.3 is 0 Å². The highest BCUT2D eigenvalue weighted by molar-refractivity contribution is 9.09. The van der Waals surface area contributed by atoms with Crippen molar-refractivity contribution < 1.29 is 19.0 Å². The quantitative estimate of drug-likeness (QED) is 0.734. The second-order valence-corrected chi connectivity index (χ2v) is 5.49. The fourth-order valence-electron chi connectivity index (χ4n) is 1.65. The molecule has 1 aromatic rings. The maximum absolute atomic E-state index is 12.1. The molecular weight excluding hydrogens is 326 g/mol. The highest BCUT2D eigenvalue weighted by Crippen LogP contribution is 2.22. The summed E-state index contributed by atoms with van der Waals surface area (Å²) in [4.78, 5) is 12.3. The van der Waals surface area contributed by atoms with Crippen molar-refractivity contribution in [2.75, 3.05) is 34.5 Å². The minimum atomic E-state index is -0.153. The lowest BCUT2D eigenvalue weighted by atomic mass is 10.2. The molecule has 1 unspecified atom stereocenters. The Kier molecular flexibility index (Phi) is 7.40. The van der Waals surface area contributed by atoms with Crippen molar-refractivity contribution in [3.63, 3.8) is 0 Å². The van der Waals surface area contributed by atoms with Gasteiger partial charge in [0.15, 0.2) is 0 Å². The summed E-state index contributed by atoms with van der Waals surface area (Å²) >= 11 is 3.47. The number of carbonyl (C=O) groups is 1. The number of methoxy groups -OCH3 is 3. The number of rotatable bonds is 8. The van der Waals surface area contributed by atoms with Gasteiger partial charge in [-0.05, 0) is 18.6 Å². The Bertz CT molecular complexity index is 417. The molecule has 0 aliphatic carbocycles. The molecule has 0 fully saturated rings. The van der Waals surface area contributed by atoms with Crippen LogP contribution in [0.2, 0.25) is 0 Å². The zero-order valence-electron chi connectivity index (χ0n) is 11.9. The lowest BCUT2D eigenvalue weighted by Crippen LogP contribution is -2.27. The fraction of sp³-hybridized carbons (Fsp3) is 0.500. The lowest BCUT2D eigenvalue weighted by molar-refractivity contribution is 0.0951. The molecule has 1 amide bonds. The molecule has 5 nitrogen and oxygen atoms in total. The van der Waals surface area contributed by atoms with Gasteiger partial charge in [0.1, 0.15) is 11.5 Å². The molecule has 0 radical (unpaired) electrons. The Morgan fingerprint density at radius 2 is 1.80 bits per heavy atom. The topological polar surface area (TPSA) is 56.8 Å². The molecule has 0 saturated heterocycles. The van der Waals surface area contributed by atoms with E-state index in [1.54, 1.807) is 39.5 Å². The molecule has 0 heterocycles. The lowest BCUT2D eigenvalue weighted by Gasteiger charge is -2.11. The number of benzene rings is 1. The van der Waals surface area contributed by atoms with E-state index in [-0.39, 0.29) is 10.7 Å². The molecule has 1 N–H and O–H groups in total. The van der Waals surface area contributed by atoms with Gasteiger partial charge in [-0.3, -0.25) is 4.79 Å². The third-order valence-corrected chi connectivity index (χ3v) is 3.43. The third-order valence-electron chi connectivity index (χ3n) is 2.70. The Labute approximate surface area is 127 Å². The van der Waals surface area contributed by atoms with Gasteiger partial charge < -0.3 is 19.5 Å². The number of ether oxygens (including phenoxy) is 3. The number of amides is 1. The van der Waals surface area contributed by atoms with Crippen LogP contribution in [0.15, 0.2) is 18.2 Å². The van der Waals surface area contributed by atoms with E-state index in [2.05, 4.69) is 21.2 Å². The molecule has 1 atom stereocenters. The summed E-state index contributed by atoms with van der Waals surface area (Å²) < 4.78 is 15.3. The van der Waals surface area contributed by atoms with Crippen LogP contribution in [-0.4, -0.2) is 45.2 Å². The van der Waals surface area contributed by atoms with Crippen molar-refractivity contribution in [3.8, 4) is 11.5 Å². The Morgan fingerprint density at radius 1 is 1.20 bits per heavy atom. The van der Waals surface area contributed by atoms with Crippen molar-refractivity contribution in [2.24, 2.45) is 0 Å². The van der Waals surface area contributed by atoms with E-state index >= 15 is 0 Å². The number of nitrogens with one attached hydrogen (secondary N) is 1. The molecule has 0 spiro atoms. The highest BCUT2D eigenvalue weighted by atomic mass is 79.9. The minimum absolute atomic E-state index is 0.153. The van der Waals surface area contributed by atoms with Gasteiger partial charge in [0.2, 0.25) is 0 Å². The molecule has 0 aliphatic rings. The van der Waals surface area contributed by atoms with Crippen LogP contribution in [0, 0.1) is 0 Å². The molecule has 112 valence electrons. The average Bonchev–Trinajstić information content (AvgIpc) is 2.46. The van der Waals surface area contributed by atoms with Gasteiger partial charge in [-0.15, -0.1) is 0 Å². The van der Waals surface area contributed by atoms with Gasteiger partial charge in [-0.25, -0.2) is 0 Å². The predicted octanol–water partition coefficient (Wildman–Crippen LogP) is 2.23. The zero-order valence-corrected chi connectivity index (χ0v) is 13.5. The second-order valence-electron chi connectivity index (χ2n) is 4.20. The van der Waals surface area contributed by atoms with Crippen LogP contribution < -0.4 is 14.8 Å². The van der Waals surface area contributed by atoms with Crippen molar-refractivity contribution in [1.82, 2.24) is 5.32 Å². The molecule has 6 heteroatoms. The maximum atomic E-state index is 12.1. The monoisotopic (exact) mass is 345 g/mol. The molecule has 0 saturated carbocycles. The van der Waals surface area contributed by atoms with Gasteiger partial charge in [0, 0.05) is 30.1 Å². The number of carbonyl (C=O) groups excluding carboxylic acids is 1. The van der Waals surface area contributed by atoms with Gasteiger partial charge in [0.05, 0.1) is 20.8 Å². The summed E-state index contributed by atoms with van der Waals surface area (Å²) in [6, 6.07) is 5.08.